The molecule has 1 aliphatic rings. The van der Waals surface area contributed by atoms with Crippen molar-refractivity contribution in [2.24, 2.45) is 0 Å². The monoisotopic (exact) mass is 265 g/mol. The highest BCUT2D eigenvalue weighted by atomic mass is 19.1. The highest BCUT2D eigenvalue weighted by Crippen LogP contribution is 2.17. The maximum atomic E-state index is 13.4. The molecule has 2 N–H and O–H groups in total. The van der Waals surface area contributed by atoms with E-state index >= 15 is 0 Å². The van der Waals surface area contributed by atoms with Gasteiger partial charge in [0.2, 0.25) is 5.91 Å². The summed E-state index contributed by atoms with van der Waals surface area (Å²) >= 11 is 0. The standard InChI is InChI=1S/C14H20FN3O/c1-14(2)10-16-7-8-18(14)9-13(19)17-12-6-4-3-5-11(12)15/h3-6,16H,7-10H2,1-2H3,(H,17,19). The third kappa shape index (κ3) is 3.52. The van der Waals surface area contributed by atoms with Crippen molar-refractivity contribution in [3.8, 4) is 0 Å². The second-order valence-electron chi connectivity index (χ2n) is 5.44. The summed E-state index contributed by atoms with van der Waals surface area (Å²) in [4.78, 5) is 14.1. The number of carbonyl (C=O) groups is 1. The molecular weight excluding hydrogens is 245 g/mol. The van der Waals surface area contributed by atoms with Crippen LogP contribution in [0.1, 0.15) is 13.8 Å². The van der Waals surface area contributed by atoms with Gasteiger partial charge in [-0.05, 0) is 26.0 Å². The molecule has 1 aromatic rings. The zero-order chi connectivity index (χ0) is 13.9. The number of anilines is 1. The number of hydrogen-bond donors (Lipinski definition) is 2. The fraction of sp³-hybridized carbons (Fsp3) is 0.500. The fourth-order valence-corrected chi connectivity index (χ4v) is 2.24. The smallest absolute Gasteiger partial charge is 0.238 e. The maximum absolute atomic E-state index is 13.4. The van der Waals surface area contributed by atoms with Crippen LogP contribution in [-0.4, -0.2) is 42.5 Å². The predicted molar refractivity (Wildman–Crippen MR) is 73.6 cm³/mol. The van der Waals surface area contributed by atoms with Gasteiger partial charge in [0.15, 0.2) is 0 Å². The molecule has 1 saturated heterocycles. The summed E-state index contributed by atoms with van der Waals surface area (Å²) in [7, 11) is 0. The number of hydrogen-bond acceptors (Lipinski definition) is 3. The molecule has 0 bridgehead atoms. The summed E-state index contributed by atoms with van der Waals surface area (Å²) < 4.78 is 13.4. The molecule has 0 unspecified atom stereocenters. The minimum Gasteiger partial charge on any atom is -0.322 e. The Morgan fingerprint density at radius 3 is 2.89 bits per heavy atom. The average Bonchev–Trinajstić information content (AvgIpc) is 2.35. The van der Waals surface area contributed by atoms with Crippen LogP contribution in [0.4, 0.5) is 10.1 Å². The zero-order valence-corrected chi connectivity index (χ0v) is 11.4. The van der Waals surface area contributed by atoms with Crippen molar-refractivity contribution >= 4 is 11.6 Å². The fourth-order valence-electron chi connectivity index (χ4n) is 2.24. The molecular formula is C14H20FN3O. The van der Waals surface area contributed by atoms with Gasteiger partial charge in [0.1, 0.15) is 5.82 Å². The quantitative estimate of drug-likeness (QED) is 0.869. The van der Waals surface area contributed by atoms with Gasteiger partial charge >= 0.3 is 0 Å². The van der Waals surface area contributed by atoms with Gasteiger partial charge < -0.3 is 10.6 Å². The molecule has 0 aromatic heterocycles. The van der Waals surface area contributed by atoms with Crippen LogP contribution < -0.4 is 10.6 Å². The van der Waals surface area contributed by atoms with E-state index in [2.05, 4.69) is 29.4 Å². The average molecular weight is 265 g/mol. The largest absolute Gasteiger partial charge is 0.322 e. The third-order valence-corrected chi connectivity index (χ3v) is 3.45. The van der Waals surface area contributed by atoms with Crippen molar-refractivity contribution in [3.63, 3.8) is 0 Å². The lowest BCUT2D eigenvalue weighted by molar-refractivity contribution is -0.119. The Morgan fingerprint density at radius 1 is 1.47 bits per heavy atom. The molecule has 2 rings (SSSR count). The number of amides is 1. The van der Waals surface area contributed by atoms with E-state index in [0.29, 0.717) is 0 Å². The molecule has 5 heteroatoms. The lowest BCUT2D eigenvalue weighted by Gasteiger charge is -2.42. The topological polar surface area (TPSA) is 44.4 Å². The summed E-state index contributed by atoms with van der Waals surface area (Å²) in [5.74, 6) is -0.588. The predicted octanol–water partition coefficient (Wildman–Crippen LogP) is 1.45. The molecule has 1 heterocycles. The van der Waals surface area contributed by atoms with E-state index < -0.39 is 5.82 Å². The first-order chi connectivity index (χ1) is 8.99. The van der Waals surface area contributed by atoms with Crippen LogP contribution in [0.15, 0.2) is 24.3 Å². The number of nitrogens with one attached hydrogen (secondary N) is 2. The summed E-state index contributed by atoms with van der Waals surface area (Å²) in [5, 5.41) is 5.92. The van der Waals surface area contributed by atoms with Crippen molar-refractivity contribution in [3.05, 3.63) is 30.1 Å². The van der Waals surface area contributed by atoms with Gasteiger partial charge in [-0.25, -0.2) is 4.39 Å². The van der Waals surface area contributed by atoms with E-state index in [-0.39, 0.29) is 23.7 Å². The first-order valence-corrected chi connectivity index (χ1v) is 6.49. The number of rotatable bonds is 3. The molecule has 104 valence electrons. The van der Waals surface area contributed by atoms with E-state index in [4.69, 9.17) is 0 Å². The van der Waals surface area contributed by atoms with E-state index in [1.165, 1.54) is 6.07 Å². The van der Waals surface area contributed by atoms with E-state index in [9.17, 15) is 9.18 Å². The van der Waals surface area contributed by atoms with Crippen LogP contribution in [0, 0.1) is 5.82 Å². The Hall–Kier alpha value is -1.46. The van der Waals surface area contributed by atoms with Crippen LogP contribution in [0.2, 0.25) is 0 Å². The van der Waals surface area contributed by atoms with Gasteiger partial charge in [0.05, 0.1) is 12.2 Å². The Balaban J connectivity index is 1.96. The summed E-state index contributed by atoms with van der Waals surface area (Å²) in [6, 6.07) is 6.21. The first kappa shape index (κ1) is 14.0. The Kier molecular flexibility index (Phi) is 4.17. The molecule has 0 saturated carbocycles. The van der Waals surface area contributed by atoms with Crippen molar-refractivity contribution < 1.29 is 9.18 Å². The second-order valence-corrected chi connectivity index (χ2v) is 5.44. The maximum Gasteiger partial charge on any atom is 0.238 e. The van der Waals surface area contributed by atoms with Gasteiger partial charge in [-0.2, -0.15) is 0 Å². The molecule has 0 spiro atoms. The van der Waals surface area contributed by atoms with Crippen LogP contribution in [-0.2, 0) is 4.79 Å². The molecule has 1 fully saturated rings. The van der Waals surface area contributed by atoms with Crippen LogP contribution in [0.3, 0.4) is 0 Å². The summed E-state index contributed by atoms with van der Waals surface area (Å²) in [6.45, 7) is 7.00. The van der Waals surface area contributed by atoms with Gasteiger partial charge in [0, 0.05) is 25.2 Å². The van der Waals surface area contributed by atoms with E-state index in [1.807, 2.05) is 0 Å². The number of halogens is 1. The Bertz CT molecular complexity index is 462. The van der Waals surface area contributed by atoms with Crippen molar-refractivity contribution in [2.45, 2.75) is 19.4 Å². The van der Waals surface area contributed by atoms with Crippen molar-refractivity contribution in [1.29, 1.82) is 0 Å². The number of nitrogens with zero attached hydrogens (tertiary/aromatic N) is 1. The van der Waals surface area contributed by atoms with Crippen molar-refractivity contribution in [2.75, 3.05) is 31.5 Å². The summed E-state index contributed by atoms with van der Waals surface area (Å²) in [5.41, 5.74) is 0.172. The minimum atomic E-state index is -0.407. The van der Waals surface area contributed by atoms with Crippen LogP contribution in [0.5, 0.6) is 0 Å². The molecule has 4 nitrogen and oxygen atoms in total. The van der Waals surface area contributed by atoms with Gasteiger partial charge in [-0.1, -0.05) is 12.1 Å². The Morgan fingerprint density at radius 2 is 2.21 bits per heavy atom. The Labute approximate surface area is 113 Å². The molecule has 1 amide bonds. The molecule has 1 aromatic carbocycles. The lowest BCUT2D eigenvalue weighted by atomic mass is 10.0. The molecule has 0 radical (unpaired) electrons. The third-order valence-electron chi connectivity index (χ3n) is 3.45. The van der Waals surface area contributed by atoms with Gasteiger partial charge in [-0.3, -0.25) is 9.69 Å². The van der Waals surface area contributed by atoms with E-state index in [1.54, 1.807) is 18.2 Å². The normalized spacial score (nSPS) is 19.1. The molecule has 19 heavy (non-hydrogen) atoms. The molecule has 0 atom stereocenters. The summed E-state index contributed by atoms with van der Waals surface area (Å²) in [6.07, 6.45) is 0. The zero-order valence-electron chi connectivity index (χ0n) is 11.4. The molecule has 1 aliphatic heterocycles. The van der Waals surface area contributed by atoms with Crippen molar-refractivity contribution in [1.82, 2.24) is 10.2 Å². The number of para-hydroxylation sites is 1. The number of piperazine rings is 1. The first-order valence-electron chi connectivity index (χ1n) is 6.49. The highest BCUT2D eigenvalue weighted by molar-refractivity contribution is 5.92. The lowest BCUT2D eigenvalue weighted by Crippen LogP contribution is -2.59. The van der Waals surface area contributed by atoms with Crippen LogP contribution in [0.25, 0.3) is 0 Å². The van der Waals surface area contributed by atoms with Gasteiger partial charge in [0.25, 0.3) is 0 Å². The SMILES string of the molecule is CC1(C)CNCCN1CC(=O)Nc1ccccc1F. The minimum absolute atomic E-state index is 0.0647. The number of benzene rings is 1. The molecule has 0 aliphatic carbocycles. The van der Waals surface area contributed by atoms with Gasteiger partial charge in [-0.15, -0.1) is 0 Å². The highest BCUT2D eigenvalue weighted by Gasteiger charge is 2.30. The number of carbonyl (C=O) groups excluding carboxylic acids is 1. The van der Waals surface area contributed by atoms with Crippen LogP contribution >= 0.6 is 0 Å². The van der Waals surface area contributed by atoms with E-state index in [0.717, 1.165) is 19.6 Å². The second kappa shape index (κ2) is 5.67.